The summed E-state index contributed by atoms with van der Waals surface area (Å²) in [5.74, 6) is 2.50. The van der Waals surface area contributed by atoms with Gasteiger partial charge in [0.15, 0.2) is 5.66 Å². The summed E-state index contributed by atoms with van der Waals surface area (Å²) in [6, 6.07) is 7.45. The Hall–Kier alpha value is -2.72. The van der Waals surface area contributed by atoms with E-state index >= 15 is 0 Å². The van der Waals surface area contributed by atoms with Crippen LogP contribution in [-0.4, -0.2) is 23.1 Å². The van der Waals surface area contributed by atoms with Gasteiger partial charge in [-0.05, 0) is 18.2 Å². The minimum Gasteiger partial charge on any atom is -0.380 e. The average molecular weight is 353 g/mol. The van der Waals surface area contributed by atoms with E-state index in [1.807, 2.05) is 24.4 Å². The van der Waals surface area contributed by atoms with Crippen molar-refractivity contribution >= 4 is 22.9 Å². The third kappa shape index (κ3) is 4.88. The molecule has 0 radical (unpaired) electrons. The number of hydrogen-bond donors (Lipinski definition) is 2. The van der Waals surface area contributed by atoms with Crippen molar-refractivity contribution in [3.05, 3.63) is 46.4 Å². The molecule has 0 unspecified atom stereocenters. The lowest BCUT2D eigenvalue weighted by molar-refractivity contribution is 0.0952. The van der Waals surface area contributed by atoms with Crippen LogP contribution in [0.15, 0.2) is 46.2 Å². The molecule has 128 valence electrons. The molecule has 1 aliphatic heterocycles. The summed E-state index contributed by atoms with van der Waals surface area (Å²) in [6.45, 7) is 1.21. The van der Waals surface area contributed by atoms with Crippen molar-refractivity contribution in [3.8, 4) is 12.3 Å². The van der Waals surface area contributed by atoms with Gasteiger partial charge in [0.05, 0.1) is 12.1 Å². The molecule has 0 spiro atoms. The number of benzene rings is 1. The Balaban J connectivity index is 1.47. The highest BCUT2D eigenvalue weighted by Crippen LogP contribution is 2.36. The quantitative estimate of drug-likeness (QED) is 0.678. The van der Waals surface area contributed by atoms with Crippen LogP contribution in [-0.2, 0) is 6.54 Å². The monoisotopic (exact) mass is 353 g/mol. The van der Waals surface area contributed by atoms with Gasteiger partial charge in [0, 0.05) is 48.1 Å². The van der Waals surface area contributed by atoms with Gasteiger partial charge in [-0.1, -0.05) is 6.07 Å². The number of nitrogens with zero attached hydrogens (tertiary/aromatic N) is 3. The molecular weight excluding hydrogens is 334 g/mol. The maximum Gasteiger partial charge on any atom is 0.251 e. The molecule has 25 heavy (non-hydrogen) atoms. The fraction of sp³-hybridized carbons (Fsp3) is 0.333. The molecular formula is C18H19N5OS. The zero-order chi connectivity index (χ0) is 17.5. The van der Waals surface area contributed by atoms with E-state index in [4.69, 9.17) is 6.42 Å². The van der Waals surface area contributed by atoms with Crippen molar-refractivity contribution in [1.29, 1.82) is 0 Å². The normalized spacial score (nSPS) is 13.9. The fourth-order valence-electron chi connectivity index (χ4n) is 2.44. The number of aromatic nitrogens is 1. The minimum absolute atomic E-state index is 0.103. The minimum atomic E-state index is -0.363. The molecule has 2 aromatic rings. The predicted octanol–water partition coefficient (Wildman–Crippen LogP) is 3.45. The lowest BCUT2D eigenvalue weighted by Gasteiger charge is -2.11. The number of carbonyl (C=O) groups is 1. The molecule has 0 fully saturated rings. The van der Waals surface area contributed by atoms with Crippen molar-refractivity contribution in [1.82, 2.24) is 10.3 Å². The van der Waals surface area contributed by atoms with Crippen LogP contribution < -0.4 is 10.6 Å². The molecule has 7 heteroatoms. The van der Waals surface area contributed by atoms with E-state index in [1.54, 1.807) is 22.9 Å². The van der Waals surface area contributed by atoms with E-state index < -0.39 is 0 Å². The van der Waals surface area contributed by atoms with E-state index in [2.05, 4.69) is 31.8 Å². The number of rotatable bonds is 9. The Bertz CT molecular complexity index is 788. The number of anilines is 1. The van der Waals surface area contributed by atoms with Gasteiger partial charge in [-0.3, -0.25) is 9.78 Å². The first-order valence-electron chi connectivity index (χ1n) is 8.08. The van der Waals surface area contributed by atoms with Gasteiger partial charge in [-0.25, -0.2) is 0 Å². The molecule has 1 aromatic heterocycles. The molecule has 0 saturated heterocycles. The lowest BCUT2D eigenvalue weighted by Crippen LogP contribution is -2.28. The second-order valence-corrected chi connectivity index (χ2v) is 6.77. The van der Waals surface area contributed by atoms with Crippen molar-refractivity contribution < 1.29 is 4.79 Å². The number of nitrogens with one attached hydrogen (secondary N) is 2. The topological polar surface area (TPSA) is 78.7 Å². The van der Waals surface area contributed by atoms with E-state index in [0.29, 0.717) is 31.5 Å². The molecule has 2 heterocycles. The fourth-order valence-corrected chi connectivity index (χ4v) is 2.97. The lowest BCUT2D eigenvalue weighted by atomic mass is 10.0. The number of carbonyl (C=O) groups excluding carboxylic acids is 1. The van der Waals surface area contributed by atoms with Crippen LogP contribution >= 0.6 is 11.3 Å². The van der Waals surface area contributed by atoms with Crippen LogP contribution in [0.1, 0.15) is 34.5 Å². The third-order valence-corrected chi connectivity index (χ3v) is 4.72. The standard InChI is InChI=1S/C18H19N5OS/c1-2-3-7-18(22-23-18)8-9-20-17(24)14-5-4-6-15(10-14)21-12-16-11-19-13-25-16/h1,4-6,10-11,13,21H,3,7-9,12H2,(H,20,24). The van der Waals surface area contributed by atoms with Gasteiger partial charge in [0.2, 0.25) is 0 Å². The molecule has 0 aliphatic carbocycles. The van der Waals surface area contributed by atoms with Crippen LogP contribution in [0.3, 0.4) is 0 Å². The van der Waals surface area contributed by atoms with Crippen molar-refractivity contribution in [2.45, 2.75) is 31.5 Å². The molecule has 6 nitrogen and oxygen atoms in total. The SMILES string of the molecule is C#CCCC1(CCNC(=O)c2cccc(NCc3cncs3)c2)N=N1. The van der Waals surface area contributed by atoms with E-state index in [1.165, 1.54) is 0 Å². The van der Waals surface area contributed by atoms with Crippen molar-refractivity contribution in [3.63, 3.8) is 0 Å². The molecule has 1 amide bonds. The highest BCUT2D eigenvalue weighted by Gasteiger charge is 2.38. The molecule has 2 N–H and O–H groups in total. The van der Waals surface area contributed by atoms with Crippen LogP contribution in [0.4, 0.5) is 5.69 Å². The average Bonchev–Trinajstić information content (AvgIpc) is 3.20. The smallest absolute Gasteiger partial charge is 0.251 e. The second-order valence-electron chi connectivity index (χ2n) is 5.79. The Morgan fingerprint density at radius 3 is 2.92 bits per heavy atom. The summed E-state index contributed by atoms with van der Waals surface area (Å²) >= 11 is 1.59. The van der Waals surface area contributed by atoms with Gasteiger partial charge >= 0.3 is 0 Å². The van der Waals surface area contributed by atoms with Crippen molar-refractivity contribution in [2.24, 2.45) is 10.2 Å². The number of amides is 1. The van der Waals surface area contributed by atoms with Crippen LogP contribution in [0.2, 0.25) is 0 Å². The van der Waals surface area contributed by atoms with Gasteiger partial charge in [-0.15, -0.1) is 23.7 Å². The third-order valence-electron chi connectivity index (χ3n) is 3.94. The van der Waals surface area contributed by atoms with Gasteiger partial charge in [0.1, 0.15) is 0 Å². The number of thiazole rings is 1. The maximum atomic E-state index is 12.3. The summed E-state index contributed by atoms with van der Waals surface area (Å²) in [4.78, 5) is 17.5. The Labute approximate surface area is 150 Å². The van der Waals surface area contributed by atoms with Crippen LogP contribution in [0.25, 0.3) is 0 Å². The summed E-state index contributed by atoms with van der Waals surface area (Å²) in [7, 11) is 0. The molecule has 0 bridgehead atoms. The molecule has 0 atom stereocenters. The maximum absolute atomic E-state index is 12.3. The summed E-state index contributed by atoms with van der Waals surface area (Å²) in [5, 5.41) is 14.4. The molecule has 1 aliphatic rings. The van der Waals surface area contributed by atoms with E-state index in [-0.39, 0.29) is 11.6 Å². The first-order chi connectivity index (χ1) is 12.2. The number of terminal acetylenes is 1. The van der Waals surface area contributed by atoms with Gasteiger partial charge in [0.25, 0.3) is 5.91 Å². The van der Waals surface area contributed by atoms with E-state index in [9.17, 15) is 4.79 Å². The predicted molar refractivity (Wildman–Crippen MR) is 98.5 cm³/mol. The van der Waals surface area contributed by atoms with Crippen molar-refractivity contribution in [2.75, 3.05) is 11.9 Å². The molecule has 0 saturated carbocycles. The van der Waals surface area contributed by atoms with Crippen LogP contribution in [0, 0.1) is 12.3 Å². The Morgan fingerprint density at radius 1 is 1.32 bits per heavy atom. The van der Waals surface area contributed by atoms with Gasteiger partial charge < -0.3 is 10.6 Å². The van der Waals surface area contributed by atoms with E-state index in [0.717, 1.165) is 17.0 Å². The highest BCUT2D eigenvalue weighted by molar-refractivity contribution is 7.09. The van der Waals surface area contributed by atoms with Crippen LogP contribution in [0.5, 0.6) is 0 Å². The largest absolute Gasteiger partial charge is 0.380 e. The number of hydrogen-bond acceptors (Lipinski definition) is 6. The Kier molecular flexibility index (Phi) is 5.41. The first kappa shape index (κ1) is 17.1. The molecule has 1 aromatic carbocycles. The summed E-state index contributed by atoms with van der Waals surface area (Å²) in [6.07, 6.45) is 9.18. The second kappa shape index (κ2) is 7.90. The summed E-state index contributed by atoms with van der Waals surface area (Å²) in [5.41, 5.74) is 2.96. The zero-order valence-corrected chi connectivity index (χ0v) is 14.6. The summed E-state index contributed by atoms with van der Waals surface area (Å²) < 4.78 is 0. The highest BCUT2D eigenvalue weighted by atomic mass is 32.1. The van der Waals surface area contributed by atoms with Gasteiger partial charge in [-0.2, -0.15) is 10.2 Å². The first-order valence-corrected chi connectivity index (χ1v) is 8.96. The zero-order valence-electron chi connectivity index (χ0n) is 13.7. The Morgan fingerprint density at radius 2 is 2.20 bits per heavy atom. The molecule has 3 rings (SSSR count).